The summed E-state index contributed by atoms with van der Waals surface area (Å²) in [4.78, 5) is 16.1. The molecule has 1 N–H and O–H groups in total. The third-order valence-electron chi connectivity index (χ3n) is 6.67. The van der Waals surface area contributed by atoms with E-state index in [1.165, 1.54) is 5.56 Å². The molecule has 192 valence electrons. The van der Waals surface area contributed by atoms with Crippen LogP contribution >= 0.6 is 31.9 Å². The molecule has 0 fully saturated rings. The van der Waals surface area contributed by atoms with Gasteiger partial charge in [0.1, 0.15) is 0 Å². The molecule has 0 unspecified atom stereocenters. The number of nitrogens with zero attached hydrogens (tertiary/aromatic N) is 1. The van der Waals surface area contributed by atoms with Gasteiger partial charge in [0.15, 0.2) is 0 Å². The first kappa shape index (κ1) is 26.3. The number of esters is 1. The molecule has 1 aliphatic rings. The molecule has 38 heavy (non-hydrogen) atoms. The molecule has 0 radical (unpaired) electrons. The monoisotopic (exact) mass is 630 g/mol. The minimum absolute atomic E-state index is 0.0290. The molecule has 1 aliphatic heterocycles. The summed E-state index contributed by atoms with van der Waals surface area (Å²) in [6.45, 7) is 2.15. The fraction of sp³-hybridized carbons (Fsp3) is 0.156. The summed E-state index contributed by atoms with van der Waals surface area (Å²) >= 11 is 7.10. The summed E-state index contributed by atoms with van der Waals surface area (Å²) in [6.07, 6.45) is 0.605. The van der Waals surface area contributed by atoms with Crippen LogP contribution < -0.4 is 10.2 Å². The van der Waals surface area contributed by atoms with E-state index in [0.29, 0.717) is 18.6 Å². The molecule has 6 heteroatoms. The Morgan fingerprint density at radius 3 is 1.95 bits per heavy atom. The van der Waals surface area contributed by atoms with Gasteiger partial charge in [0.05, 0.1) is 24.3 Å². The molecule has 4 nitrogen and oxygen atoms in total. The Morgan fingerprint density at radius 2 is 1.37 bits per heavy atom. The Labute approximate surface area is 240 Å². The van der Waals surface area contributed by atoms with Gasteiger partial charge in [0.2, 0.25) is 0 Å². The van der Waals surface area contributed by atoms with E-state index in [1.54, 1.807) is 0 Å². The minimum atomic E-state index is -0.367. The second-order valence-corrected chi connectivity index (χ2v) is 10.9. The fourth-order valence-corrected chi connectivity index (χ4v) is 5.54. The highest BCUT2D eigenvalue weighted by atomic mass is 79.9. The fourth-order valence-electron chi connectivity index (χ4n) is 5.01. The second kappa shape index (κ2) is 12.0. The molecular weight excluding hydrogens is 604 g/mol. The quantitative estimate of drug-likeness (QED) is 0.207. The third kappa shape index (κ3) is 5.71. The highest BCUT2D eigenvalue weighted by Gasteiger charge is 2.41. The van der Waals surface area contributed by atoms with E-state index in [2.05, 4.69) is 90.6 Å². The number of carbonyl (C=O) groups excluding carboxylic acids is 1. The van der Waals surface area contributed by atoms with E-state index in [-0.39, 0.29) is 18.1 Å². The van der Waals surface area contributed by atoms with Crippen LogP contribution in [0, 0.1) is 0 Å². The van der Waals surface area contributed by atoms with Gasteiger partial charge < -0.3 is 15.0 Å². The molecule has 0 bridgehead atoms. The Balaban J connectivity index is 1.76. The first-order chi connectivity index (χ1) is 18.5. The minimum Gasteiger partial charge on any atom is -0.463 e. The van der Waals surface area contributed by atoms with Crippen LogP contribution in [0.5, 0.6) is 0 Å². The second-order valence-electron chi connectivity index (χ2n) is 9.07. The first-order valence-electron chi connectivity index (χ1n) is 12.6. The zero-order chi connectivity index (χ0) is 26.5. The molecule has 1 heterocycles. The Kier molecular flexibility index (Phi) is 8.30. The van der Waals surface area contributed by atoms with Crippen molar-refractivity contribution in [3.8, 4) is 0 Å². The molecule has 0 saturated carbocycles. The average molecular weight is 632 g/mol. The normalized spacial score (nSPS) is 17.3. The predicted molar refractivity (Wildman–Crippen MR) is 161 cm³/mol. The van der Waals surface area contributed by atoms with Crippen molar-refractivity contribution in [3.05, 3.63) is 141 Å². The maximum absolute atomic E-state index is 13.7. The average Bonchev–Trinajstić information content (AvgIpc) is 2.95. The van der Waals surface area contributed by atoms with Gasteiger partial charge in [-0.15, -0.1) is 0 Å². The number of carbonyl (C=O) groups is 1. The molecule has 4 aromatic rings. The molecule has 0 aliphatic carbocycles. The van der Waals surface area contributed by atoms with Crippen molar-refractivity contribution in [2.45, 2.75) is 25.4 Å². The van der Waals surface area contributed by atoms with Crippen LogP contribution in [0.1, 0.15) is 36.6 Å². The van der Waals surface area contributed by atoms with Gasteiger partial charge in [-0.1, -0.05) is 92.5 Å². The van der Waals surface area contributed by atoms with Crippen LogP contribution in [0.4, 0.5) is 11.4 Å². The number of benzene rings is 4. The van der Waals surface area contributed by atoms with Crippen LogP contribution in [-0.2, 0) is 9.53 Å². The lowest BCUT2D eigenvalue weighted by Gasteiger charge is -2.46. The highest BCUT2D eigenvalue weighted by molar-refractivity contribution is 9.10. The topological polar surface area (TPSA) is 41.6 Å². The van der Waals surface area contributed by atoms with Crippen molar-refractivity contribution in [2.24, 2.45) is 0 Å². The number of ether oxygens (including phenoxy) is 1. The van der Waals surface area contributed by atoms with Crippen molar-refractivity contribution in [1.29, 1.82) is 0 Å². The molecular formula is C32H28Br2N2O2. The van der Waals surface area contributed by atoms with Crippen molar-refractivity contribution in [2.75, 3.05) is 16.8 Å². The molecule has 0 saturated heterocycles. The van der Waals surface area contributed by atoms with Crippen molar-refractivity contribution in [1.82, 2.24) is 0 Å². The van der Waals surface area contributed by atoms with Gasteiger partial charge in [-0.25, -0.2) is 4.79 Å². The predicted octanol–water partition coefficient (Wildman–Crippen LogP) is 8.83. The van der Waals surface area contributed by atoms with Crippen molar-refractivity contribution < 1.29 is 9.53 Å². The van der Waals surface area contributed by atoms with Crippen LogP contribution in [0.2, 0.25) is 0 Å². The first-order valence-corrected chi connectivity index (χ1v) is 14.2. The maximum atomic E-state index is 13.7. The van der Waals surface area contributed by atoms with Gasteiger partial charge in [-0.3, -0.25) is 0 Å². The lowest BCUT2D eigenvalue weighted by atomic mass is 9.84. The Morgan fingerprint density at radius 1 is 0.816 bits per heavy atom. The maximum Gasteiger partial charge on any atom is 0.338 e. The smallest absolute Gasteiger partial charge is 0.338 e. The number of halogens is 2. The summed E-state index contributed by atoms with van der Waals surface area (Å²) in [5, 5.41) is 3.60. The third-order valence-corrected chi connectivity index (χ3v) is 7.73. The van der Waals surface area contributed by atoms with Crippen LogP contribution in [0.3, 0.4) is 0 Å². The van der Waals surface area contributed by atoms with Crippen LogP contribution in [0.15, 0.2) is 129 Å². The summed E-state index contributed by atoms with van der Waals surface area (Å²) in [6, 6.07) is 36.6. The Hall–Kier alpha value is -3.35. The van der Waals surface area contributed by atoms with Gasteiger partial charge in [-0.05, 0) is 66.6 Å². The summed E-state index contributed by atoms with van der Waals surface area (Å²) in [7, 11) is 0. The number of anilines is 2. The number of hydrogen-bond acceptors (Lipinski definition) is 4. The highest BCUT2D eigenvalue weighted by Crippen LogP contribution is 2.48. The molecule has 0 aromatic heterocycles. The van der Waals surface area contributed by atoms with Crippen LogP contribution in [-0.4, -0.2) is 12.6 Å². The zero-order valence-corrected chi connectivity index (χ0v) is 24.2. The van der Waals surface area contributed by atoms with E-state index < -0.39 is 0 Å². The van der Waals surface area contributed by atoms with E-state index in [4.69, 9.17) is 4.74 Å². The summed E-state index contributed by atoms with van der Waals surface area (Å²) in [5.41, 5.74) is 5.63. The van der Waals surface area contributed by atoms with E-state index in [0.717, 1.165) is 31.6 Å². The molecule has 5 rings (SSSR count). The van der Waals surface area contributed by atoms with Crippen LogP contribution in [0.25, 0.3) is 0 Å². The van der Waals surface area contributed by atoms with E-state index in [1.807, 2.05) is 67.6 Å². The number of nitrogens with one attached hydrogen (secondary N) is 1. The number of rotatable bonds is 7. The zero-order valence-electron chi connectivity index (χ0n) is 21.0. The SMILES string of the molecule is CCOC(=O)C1=C(Nc2ccc(Br)cc2)C[C@H](c2ccccc2)N(c2ccc(Br)cc2)[C@H]1c1ccccc1. The van der Waals surface area contributed by atoms with E-state index >= 15 is 0 Å². The molecule has 0 spiro atoms. The molecule has 2 atom stereocenters. The van der Waals surface area contributed by atoms with Gasteiger partial charge in [0, 0.05) is 32.4 Å². The van der Waals surface area contributed by atoms with Gasteiger partial charge >= 0.3 is 5.97 Å². The van der Waals surface area contributed by atoms with Crippen molar-refractivity contribution in [3.63, 3.8) is 0 Å². The lowest BCUT2D eigenvalue weighted by molar-refractivity contribution is -0.139. The standard InChI is InChI=1S/C32H28Br2N2O2/c1-2-38-32(37)30-28(35-26-17-13-24(33)14-18-26)21-29(22-9-5-3-6-10-22)36(27-19-15-25(34)16-20-27)31(30)23-11-7-4-8-12-23/h3-20,29,31,35H,2,21H2,1H3/t29-,31+/m1/s1. The lowest BCUT2D eigenvalue weighted by Crippen LogP contribution is -2.41. The van der Waals surface area contributed by atoms with Gasteiger partial charge in [-0.2, -0.15) is 0 Å². The summed E-state index contributed by atoms with van der Waals surface area (Å²) in [5.74, 6) is -0.311. The largest absolute Gasteiger partial charge is 0.463 e. The van der Waals surface area contributed by atoms with E-state index in [9.17, 15) is 4.79 Å². The molecule has 0 amide bonds. The molecule has 4 aromatic carbocycles. The number of hydrogen-bond donors (Lipinski definition) is 1. The van der Waals surface area contributed by atoms with Gasteiger partial charge in [0.25, 0.3) is 0 Å². The van der Waals surface area contributed by atoms with Crippen molar-refractivity contribution >= 4 is 49.2 Å². The Bertz CT molecular complexity index is 1410. The summed E-state index contributed by atoms with van der Waals surface area (Å²) < 4.78 is 7.69.